The van der Waals surface area contributed by atoms with Gasteiger partial charge in [-0.25, -0.2) is 0 Å². The van der Waals surface area contributed by atoms with Crippen LogP contribution in [0.2, 0.25) is 0 Å². The van der Waals surface area contributed by atoms with E-state index >= 15 is 0 Å². The summed E-state index contributed by atoms with van der Waals surface area (Å²) in [5.74, 6) is 3.04. The zero-order chi connectivity index (χ0) is 22.9. The lowest BCUT2D eigenvalue weighted by atomic mass is 9.45. The van der Waals surface area contributed by atoms with Crippen LogP contribution in [0.25, 0.3) is 0 Å². The average Bonchev–Trinajstić information content (AvgIpc) is 3.48. The molecule has 8 unspecified atom stereocenters. The summed E-state index contributed by atoms with van der Waals surface area (Å²) in [6.45, 7) is 15.4. The van der Waals surface area contributed by atoms with E-state index in [1.807, 2.05) is 6.08 Å². The fourth-order valence-corrected chi connectivity index (χ4v) is 7.66. The Hall–Kier alpha value is -0.710. The second-order valence-electron chi connectivity index (χ2n) is 12.5. The molecule has 0 aromatic carbocycles. The number of aliphatic hydroxyl groups is 2. The zero-order valence-corrected chi connectivity index (χ0v) is 20.6. The predicted octanol–water partition coefficient (Wildman–Crippen LogP) is 4.92. The van der Waals surface area contributed by atoms with E-state index < -0.39 is 11.7 Å². The summed E-state index contributed by atoms with van der Waals surface area (Å²) >= 11 is 0. The zero-order valence-electron chi connectivity index (χ0n) is 20.6. The first-order valence-corrected chi connectivity index (χ1v) is 12.6. The maximum Gasteiger partial charge on any atom is 0.155 e. The third kappa shape index (κ3) is 3.75. The Labute approximate surface area is 188 Å². The molecule has 2 saturated carbocycles. The SMILES string of the molecule is CC1C2C3OC3C3=CC(=O)CCC3(C)[C@H]2CCC1(C)C(C)[C@H](C)CCC(O)C(C)(C)O. The largest absolute Gasteiger partial charge is 0.390 e. The average molecular weight is 433 g/mol. The van der Waals surface area contributed by atoms with Gasteiger partial charge >= 0.3 is 0 Å². The fraction of sp³-hybridized carbons (Fsp3) is 0.889. The van der Waals surface area contributed by atoms with Crippen LogP contribution in [-0.2, 0) is 9.53 Å². The Kier molecular flexibility index (Phi) is 5.80. The Morgan fingerprint density at radius 2 is 1.90 bits per heavy atom. The Bertz CT molecular complexity index is 751. The van der Waals surface area contributed by atoms with Crippen molar-refractivity contribution >= 4 is 5.78 Å². The van der Waals surface area contributed by atoms with Crippen molar-refractivity contribution < 1.29 is 19.7 Å². The van der Waals surface area contributed by atoms with Crippen molar-refractivity contribution in [3.63, 3.8) is 0 Å². The molecule has 0 radical (unpaired) electrons. The third-order valence-electron chi connectivity index (χ3n) is 10.6. The van der Waals surface area contributed by atoms with Crippen LogP contribution >= 0.6 is 0 Å². The number of hydrogen-bond donors (Lipinski definition) is 2. The van der Waals surface area contributed by atoms with Crippen LogP contribution in [0.5, 0.6) is 0 Å². The van der Waals surface area contributed by atoms with E-state index in [2.05, 4.69) is 34.6 Å². The summed E-state index contributed by atoms with van der Waals surface area (Å²) in [6.07, 6.45) is 7.38. The molecule has 31 heavy (non-hydrogen) atoms. The highest BCUT2D eigenvalue weighted by atomic mass is 16.6. The molecule has 0 aromatic heterocycles. The monoisotopic (exact) mass is 432 g/mol. The van der Waals surface area contributed by atoms with Crippen LogP contribution < -0.4 is 0 Å². The van der Waals surface area contributed by atoms with E-state index in [1.54, 1.807) is 13.8 Å². The summed E-state index contributed by atoms with van der Waals surface area (Å²) in [5.41, 5.74) is 0.615. The molecule has 4 aliphatic rings. The lowest BCUT2D eigenvalue weighted by Crippen LogP contribution is -2.55. The lowest BCUT2D eigenvalue weighted by Gasteiger charge is -2.58. The van der Waals surface area contributed by atoms with Crippen molar-refractivity contribution in [3.05, 3.63) is 11.6 Å². The van der Waals surface area contributed by atoms with Crippen molar-refractivity contribution in [3.8, 4) is 0 Å². The van der Waals surface area contributed by atoms with Crippen molar-refractivity contribution in [1.29, 1.82) is 0 Å². The van der Waals surface area contributed by atoms with Gasteiger partial charge in [-0.2, -0.15) is 0 Å². The Balaban J connectivity index is 1.50. The smallest absolute Gasteiger partial charge is 0.155 e. The number of hydrogen-bond acceptors (Lipinski definition) is 4. The first-order valence-electron chi connectivity index (χ1n) is 12.6. The minimum absolute atomic E-state index is 0.123. The van der Waals surface area contributed by atoms with Crippen LogP contribution in [0.4, 0.5) is 0 Å². The standard InChI is InChI=1S/C27H44O4/c1-15(8-9-21(29)25(4,5)30)16(2)26(6)13-11-19-22(17(26)3)24-23(31-24)20-14-18(28)10-12-27(19,20)7/h14-17,19,21-24,29-30H,8-13H2,1-7H3/t15-,16?,17?,19+,21?,22?,23?,24?,26?,27?/m1/s1. The second-order valence-corrected chi connectivity index (χ2v) is 12.5. The van der Waals surface area contributed by atoms with Gasteiger partial charge in [-0.05, 0) is 98.0 Å². The minimum atomic E-state index is -1.04. The van der Waals surface area contributed by atoms with Crippen molar-refractivity contribution in [2.24, 2.45) is 40.4 Å². The number of allylic oxidation sites excluding steroid dienone is 1. The number of rotatable bonds is 6. The number of carbonyl (C=O) groups excluding carboxylic acids is 1. The van der Waals surface area contributed by atoms with Gasteiger partial charge in [-0.1, -0.05) is 34.6 Å². The third-order valence-corrected chi connectivity index (χ3v) is 10.6. The normalized spacial score (nSPS) is 45.0. The van der Waals surface area contributed by atoms with Crippen LogP contribution in [0.15, 0.2) is 11.6 Å². The summed E-state index contributed by atoms with van der Waals surface area (Å²) < 4.78 is 6.27. The van der Waals surface area contributed by atoms with Crippen molar-refractivity contribution in [2.75, 3.05) is 0 Å². The van der Waals surface area contributed by atoms with Crippen LogP contribution in [-0.4, -0.2) is 39.9 Å². The molecule has 3 fully saturated rings. The van der Waals surface area contributed by atoms with Crippen molar-refractivity contribution in [2.45, 2.75) is 111 Å². The van der Waals surface area contributed by atoms with Gasteiger partial charge in [0.05, 0.1) is 17.8 Å². The highest BCUT2D eigenvalue weighted by Crippen LogP contribution is 2.67. The van der Waals surface area contributed by atoms with Gasteiger partial charge < -0.3 is 14.9 Å². The van der Waals surface area contributed by atoms with Crippen LogP contribution in [0.3, 0.4) is 0 Å². The second kappa shape index (κ2) is 7.67. The summed E-state index contributed by atoms with van der Waals surface area (Å²) in [4.78, 5) is 12.1. The number of fused-ring (bicyclic) bond motifs is 6. The van der Waals surface area contributed by atoms with E-state index in [0.29, 0.717) is 48.5 Å². The summed E-state index contributed by atoms with van der Waals surface area (Å²) in [6, 6.07) is 0. The maximum atomic E-state index is 12.1. The van der Waals surface area contributed by atoms with E-state index in [0.717, 1.165) is 12.8 Å². The van der Waals surface area contributed by atoms with E-state index in [1.165, 1.54) is 18.4 Å². The number of aliphatic hydroxyl groups excluding tert-OH is 1. The van der Waals surface area contributed by atoms with E-state index in [9.17, 15) is 15.0 Å². The quantitative estimate of drug-likeness (QED) is 0.585. The molecule has 1 heterocycles. The summed E-state index contributed by atoms with van der Waals surface area (Å²) in [5, 5.41) is 20.4. The van der Waals surface area contributed by atoms with E-state index in [-0.39, 0.29) is 22.7 Å². The molecule has 0 aromatic rings. The number of carbonyl (C=O) groups is 1. The lowest BCUT2D eigenvalue weighted by molar-refractivity contribution is -0.117. The topological polar surface area (TPSA) is 70.1 Å². The van der Waals surface area contributed by atoms with Gasteiger partial charge in [0, 0.05) is 6.42 Å². The maximum absolute atomic E-state index is 12.1. The van der Waals surface area contributed by atoms with Crippen molar-refractivity contribution in [1.82, 2.24) is 0 Å². The molecule has 176 valence electrons. The molecule has 1 saturated heterocycles. The molecule has 0 amide bonds. The number of ketones is 1. The molecule has 4 rings (SSSR count). The van der Waals surface area contributed by atoms with Gasteiger partial charge in [0.25, 0.3) is 0 Å². The molecule has 4 nitrogen and oxygen atoms in total. The van der Waals surface area contributed by atoms with Crippen LogP contribution in [0.1, 0.15) is 87.0 Å². The highest BCUT2D eigenvalue weighted by Gasteiger charge is 2.67. The highest BCUT2D eigenvalue weighted by molar-refractivity contribution is 5.92. The molecule has 1 aliphatic heterocycles. The van der Waals surface area contributed by atoms with Gasteiger partial charge in [0.1, 0.15) is 6.10 Å². The molecule has 3 aliphatic carbocycles. The minimum Gasteiger partial charge on any atom is -0.390 e. The Morgan fingerprint density at radius 3 is 2.55 bits per heavy atom. The van der Waals surface area contributed by atoms with Crippen LogP contribution in [0, 0.1) is 40.4 Å². The van der Waals surface area contributed by atoms with Gasteiger partial charge in [-0.3, -0.25) is 4.79 Å². The van der Waals surface area contributed by atoms with E-state index in [4.69, 9.17) is 4.74 Å². The Morgan fingerprint density at radius 1 is 1.23 bits per heavy atom. The number of epoxide rings is 1. The molecular weight excluding hydrogens is 388 g/mol. The predicted molar refractivity (Wildman–Crippen MR) is 122 cm³/mol. The molecule has 2 N–H and O–H groups in total. The number of ether oxygens (including phenoxy) is 1. The molecule has 0 bridgehead atoms. The first-order chi connectivity index (χ1) is 14.3. The molecule has 4 heteroatoms. The van der Waals surface area contributed by atoms with Gasteiger partial charge in [-0.15, -0.1) is 0 Å². The molecule has 10 atom stereocenters. The van der Waals surface area contributed by atoms with Gasteiger partial charge in [0.15, 0.2) is 5.78 Å². The first kappa shape index (κ1) is 23.4. The molecular formula is C27H44O4. The summed E-state index contributed by atoms with van der Waals surface area (Å²) in [7, 11) is 0. The molecule has 0 spiro atoms. The van der Waals surface area contributed by atoms with Gasteiger partial charge in [0.2, 0.25) is 0 Å². The fourth-order valence-electron chi connectivity index (χ4n) is 7.66.